The van der Waals surface area contributed by atoms with E-state index in [1.165, 1.54) is 45.3 Å². The first-order valence-electron chi connectivity index (χ1n) is 6.91. The molecule has 3 nitrogen and oxygen atoms in total. The summed E-state index contributed by atoms with van der Waals surface area (Å²) < 4.78 is 5.68. The van der Waals surface area contributed by atoms with Crippen LogP contribution in [0.2, 0.25) is 0 Å². The lowest BCUT2D eigenvalue weighted by molar-refractivity contribution is 0.0924. The Balaban J connectivity index is 1.51. The molecule has 2 fully saturated rings. The summed E-state index contributed by atoms with van der Waals surface area (Å²) in [4.78, 5) is 2.58. The van der Waals surface area contributed by atoms with Crippen molar-refractivity contribution in [3.63, 3.8) is 0 Å². The minimum atomic E-state index is 0.460. The summed E-state index contributed by atoms with van der Waals surface area (Å²) >= 11 is 0. The standard InChI is InChI=1S/C13H26N2O/c1-12-5-10-16-13(12)11-14-6-9-15-7-3-2-4-8-15/h12-14H,2-11H2,1H3. The zero-order valence-electron chi connectivity index (χ0n) is 10.6. The highest BCUT2D eigenvalue weighted by Crippen LogP contribution is 2.18. The second-order valence-corrected chi connectivity index (χ2v) is 5.28. The molecule has 0 bridgehead atoms. The van der Waals surface area contributed by atoms with Gasteiger partial charge in [-0.1, -0.05) is 13.3 Å². The Morgan fingerprint density at radius 1 is 1.25 bits per heavy atom. The zero-order valence-corrected chi connectivity index (χ0v) is 10.6. The summed E-state index contributed by atoms with van der Waals surface area (Å²) in [6.45, 7) is 9.22. The van der Waals surface area contributed by atoms with Gasteiger partial charge < -0.3 is 15.0 Å². The normalized spacial score (nSPS) is 32.1. The first kappa shape index (κ1) is 12.3. The zero-order chi connectivity index (χ0) is 11.2. The maximum Gasteiger partial charge on any atom is 0.0725 e. The van der Waals surface area contributed by atoms with Crippen molar-refractivity contribution in [3.05, 3.63) is 0 Å². The molecule has 2 heterocycles. The maximum absolute atomic E-state index is 5.68. The molecule has 16 heavy (non-hydrogen) atoms. The van der Waals surface area contributed by atoms with Crippen LogP contribution in [0.4, 0.5) is 0 Å². The van der Waals surface area contributed by atoms with Crippen LogP contribution in [0.5, 0.6) is 0 Å². The second-order valence-electron chi connectivity index (χ2n) is 5.28. The lowest BCUT2D eigenvalue weighted by Gasteiger charge is -2.26. The van der Waals surface area contributed by atoms with Crippen molar-refractivity contribution in [2.24, 2.45) is 5.92 Å². The molecule has 0 amide bonds. The predicted molar refractivity (Wildman–Crippen MR) is 66.7 cm³/mol. The Kier molecular flexibility index (Phi) is 5.07. The molecular weight excluding hydrogens is 200 g/mol. The van der Waals surface area contributed by atoms with Crippen LogP contribution in [0, 0.1) is 5.92 Å². The van der Waals surface area contributed by atoms with Crippen LogP contribution in [0.1, 0.15) is 32.6 Å². The molecule has 3 heteroatoms. The molecule has 2 atom stereocenters. The number of ether oxygens (including phenoxy) is 1. The molecule has 0 radical (unpaired) electrons. The Morgan fingerprint density at radius 2 is 2.06 bits per heavy atom. The van der Waals surface area contributed by atoms with Gasteiger partial charge in [0.15, 0.2) is 0 Å². The van der Waals surface area contributed by atoms with Crippen LogP contribution >= 0.6 is 0 Å². The SMILES string of the molecule is CC1CCOC1CNCCN1CCCCC1. The maximum atomic E-state index is 5.68. The first-order chi connectivity index (χ1) is 7.86. The van der Waals surface area contributed by atoms with Gasteiger partial charge in [-0.15, -0.1) is 0 Å². The summed E-state index contributed by atoms with van der Waals surface area (Å²) in [6, 6.07) is 0. The van der Waals surface area contributed by atoms with Gasteiger partial charge in [0, 0.05) is 26.2 Å². The quantitative estimate of drug-likeness (QED) is 0.719. The monoisotopic (exact) mass is 226 g/mol. The van der Waals surface area contributed by atoms with Gasteiger partial charge in [0.2, 0.25) is 0 Å². The second kappa shape index (κ2) is 6.58. The van der Waals surface area contributed by atoms with E-state index in [9.17, 15) is 0 Å². The van der Waals surface area contributed by atoms with Gasteiger partial charge in [0.25, 0.3) is 0 Å². The molecule has 94 valence electrons. The molecule has 2 unspecified atom stereocenters. The highest BCUT2D eigenvalue weighted by Gasteiger charge is 2.23. The third kappa shape index (κ3) is 3.72. The smallest absolute Gasteiger partial charge is 0.0725 e. The number of piperidine rings is 1. The Labute approximate surface area is 99.5 Å². The number of likely N-dealkylation sites (tertiary alicyclic amines) is 1. The van der Waals surface area contributed by atoms with Crippen LogP contribution in [0.15, 0.2) is 0 Å². The molecule has 0 aromatic carbocycles. The van der Waals surface area contributed by atoms with E-state index in [1.807, 2.05) is 0 Å². The topological polar surface area (TPSA) is 24.5 Å². The fourth-order valence-corrected chi connectivity index (χ4v) is 2.68. The van der Waals surface area contributed by atoms with E-state index in [2.05, 4.69) is 17.1 Å². The van der Waals surface area contributed by atoms with Crippen LogP contribution in [-0.2, 0) is 4.74 Å². The molecular formula is C13H26N2O. The number of rotatable bonds is 5. The fraction of sp³-hybridized carbons (Fsp3) is 1.00. The Morgan fingerprint density at radius 3 is 2.75 bits per heavy atom. The molecule has 0 saturated carbocycles. The number of hydrogen-bond donors (Lipinski definition) is 1. The fourth-order valence-electron chi connectivity index (χ4n) is 2.68. The van der Waals surface area contributed by atoms with Crippen molar-refractivity contribution in [3.8, 4) is 0 Å². The summed E-state index contributed by atoms with van der Waals surface area (Å²) in [5, 5.41) is 3.54. The molecule has 0 aromatic rings. The van der Waals surface area contributed by atoms with Crippen LogP contribution < -0.4 is 5.32 Å². The minimum Gasteiger partial charge on any atom is -0.377 e. The third-order valence-corrected chi connectivity index (χ3v) is 3.94. The van der Waals surface area contributed by atoms with Gasteiger partial charge >= 0.3 is 0 Å². The van der Waals surface area contributed by atoms with Crippen molar-refractivity contribution in [2.45, 2.75) is 38.7 Å². The van der Waals surface area contributed by atoms with Crippen molar-refractivity contribution in [1.82, 2.24) is 10.2 Å². The summed E-state index contributed by atoms with van der Waals surface area (Å²) in [5.41, 5.74) is 0. The van der Waals surface area contributed by atoms with Gasteiger partial charge in [-0.3, -0.25) is 0 Å². The summed E-state index contributed by atoms with van der Waals surface area (Å²) in [5.74, 6) is 0.738. The Hall–Kier alpha value is -0.120. The number of nitrogens with zero attached hydrogens (tertiary/aromatic N) is 1. The van der Waals surface area contributed by atoms with Gasteiger partial charge in [-0.25, -0.2) is 0 Å². The minimum absolute atomic E-state index is 0.460. The molecule has 2 saturated heterocycles. The highest BCUT2D eigenvalue weighted by molar-refractivity contribution is 4.75. The summed E-state index contributed by atoms with van der Waals surface area (Å²) in [6.07, 6.45) is 5.91. The Bertz CT molecular complexity index is 192. The van der Waals surface area contributed by atoms with Crippen LogP contribution in [0.3, 0.4) is 0 Å². The molecule has 0 aliphatic carbocycles. The van der Waals surface area contributed by atoms with Crippen LogP contribution in [0.25, 0.3) is 0 Å². The lowest BCUT2D eigenvalue weighted by Crippen LogP contribution is -2.38. The largest absolute Gasteiger partial charge is 0.377 e. The van der Waals surface area contributed by atoms with Crippen molar-refractivity contribution in [2.75, 3.05) is 39.3 Å². The van der Waals surface area contributed by atoms with Crippen molar-refractivity contribution >= 4 is 0 Å². The average molecular weight is 226 g/mol. The lowest BCUT2D eigenvalue weighted by atomic mass is 10.0. The van der Waals surface area contributed by atoms with E-state index in [0.29, 0.717) is 6.10 Å². The van der Waals surface area contributed by atoms with Gasteiger partial charge in [-0.05, 0) is 38.3 Å². The van der Waals surface area contributed by atoms with E-state index >= 15 is 0 Å². The van der Waals surface area contributed by atoms with E-state index in [0.717, 1.165) is 25.6 Å². The van der Waals surface area contributed by atoms with E-state index in [4.69, 9.17) is 4.74 Å². The van der Waals surface area contributed by atoms with Crippen LogP contribution in [-0.4, -0.2) is 50.3 Å². The number of nitrogens with one attached hydrogen (secondary N) is 1. The van der Waals surface area contributed by atoms with Crippen molar-refractivity contribution in [1.29, 1.82) is 0 Å². The molecule has 0 aromatic heterocycles. The number of hydrogen-bond acceptors (Lipinski definition) is 3. The molecule has 2 aliphatic heterocycles. The van der Waals surface area contributed by atoms with Gasteiger partial charge in [-0.2, -0.15) is 0 Å². The first-order valence-corrected chi connectivity index (χ1v) is 6.91. The van der Waals surface area contributed by atoms with E-state index in [1.54, 1.807) is 0 Å². The van der Waals surface area contributed by atoms with E-state index < -0.39 is 0 Å². The molecule has 2 aliphatic rings. The highest BCUT2D eigenvalue weighted by atomic mass is 16.5. The van der Waals surface area contributed by atoms with Gasteiger partial charge in [0.1, 0.15) is 0 Å². The third-order valence-electron chi connectivity index (χ3n) is 3.94. The molecule has 2 rings (SSSR count). The molecule has 1 N–H and O–H groups in total. The average Bonchev–Trinajstić information content (AvgIpc) is 2.72. The predicted octanol–water partition coefficient (Wildman–Crippen LogP) is 1.49. The summed E-state index contributed by atoms with van der Waals surface area (Å²) in [7, 11) is 0. The van der Waals surface area contributed by atoms with E-state index in [-0.39, 0.29) is 0 Å². The molecule has 0 spiro atoms. The van der Waals surface area contributed by atoms with Gasteiger partial charge in [0.05, 0.1) is 6.10 Å². The van der Waals surface area contributed by atoms with Crippen molar-refractivity contribution < 1.29 is 4.74 Å².